The van der Waals surface area contributed by atoms with Crippen LogP contribution < -0.4 is 5.32 Å². The van der Waals surface area contributed by atoms with E-state index in [1.165, 1.54) is 28.8 Å². The van der Waals surface area contributed by atoms with Gasteiger partial charge < -0.3 is 15.2 Å². The van der Waals surface area contributed by atoms with Crippen molar-refractivity contribution < 1.29 is 9.84 Å². The molecule has 2 aromatic rings. The molecule has 1 aromatic carbocycles. The summed E-state index contributed by atoms with van der Waals surface area (Å²) in [6.45, 7) is 0.987. The van der Waals surface area contributed by atoms with Crippen molar-refractivity contribution in [3.05, 3.63) is 57.8 Å². The van der Waals surface area contributed by atoms with E-state index in [1.807, 2.05) is 0 Å². The van der Waals surface area contributed by atoms with Gasteiger partial charge in [0, 0.05) is 17.5 Å². The summed E-state index contributed by atoms with van der Waals surface area (Å²) >= 11 is 1.80. The van der Waals surface area contributed by atoms with Gasteiger partial charge in [0.05, 0.1) is 18.8 Å². The minimum absolute atomic E-state index is 0.135. The maximum atomic E-state index is 10.4. The van der Waals surface area contributed by atoms with Gasteiger partial charge >= 0.3 is 0 Å². The molecule has 2 N–H and O–H groups in total. The van der Waals surface area contributed by atoms with E-state index in [0.29, 0.717) is 19.2 Å². The minimum Gasteiger partial charge on any atom is -0.389 e. The summed E-state index contributed by atoms with van der Waals surface area (Å²) < 4.78 is 6.08. The fourth-order valence-corrected chi connectivity index (χ4v) is 4.72. The van der Waals surface area contributed by atoms with Crippen molar-refractivity contribution in [3.63, 3.8) is 0 Å². The van der Waals surface area contributed by atoms with Crippen molar-refractivity contribution in [1.29, 1.82) is 0 Å². The number of ether oxygens (including phenoxy) is 1. The SMILES string of the molecule is OC(CNC(c1cccs1)C1CC1)COC1CCCc2ccccc21. The van der Waals surface area contributed by atoms with Crippen LogP contribution in [0.2, 0.25) is 0 Å². The van der Waals surface area contributed by atoms with Crippen LogP contribution in [0.3, 0.4) is 0 Å². The molecule has 0 bridgehead atoms. The second-order valence-electron chi connectivity index (χ2n) is 7.31. The molecule has 3 atom stereocenters. The smallest absolute Gasteiger partial charge is 0.0898 e. The summed E-state index contributed by atoms with van der Waals surface area (Å²) in [6.07, 6.45) is 5.62. The molecule has 1 fully saturated rings. The number of rotatable bonds is 8. The molecule has 3 unspecified atom stereocenters. The third-order valence-corrected chi connectivity index (χ3v) is 6.28. The Labute approximate surface area is 154 Å². The molecule has 1 aromatic heterocycles. The Morgan fingerprint density at radius 1 is 1.16 bits per heavy atom. The first-order valence-electron chi connectivity index (χ1n) is 9.45. The quantitative estimate of drug-likeness (QED) is 0.742. The fraction of sp³-hybridized carbons (Fsp3) is 0.524. The van der Waals surface area contributed by atoms with E-state index in [9.17, 15) is 5.11 Å². The van der Waals surface area contributed by atoms with Gasteiger partial charge in [0.1, 0.15) is 0 Å². The molecule has 0 aliphatic heterocycles. The molecule has 0 amide bonds. The van der Waals surface area contributed by atoms with E-state index >= 15 is 0 Å². The first kappa shape index (κ1) is 17.2. The Balaban J connectivity index is 1.28. The molecular formula is C21H27NO2S. The number of fused-ring (bicyclic) bond motifs is 1. The number of thiophene rings is 1. The third-order valence-electron chi connectivity index (χ3n) is 5.32. The average Bonchev–Trinajstić information content (AvgIpc) is 3.34. The van der Waals surface area contributed by atoms with Gasteiger partial charge in [0.15, 0.2) is 0 Å². The van der Waals surface area contributed by atoms with Crippen LogP contribution in [-0.4, -0.2) is 24.4 Å². The lowest BCUT2D eigenvalue weighted by atomic mass is 9.89. The van der Waals surface area contributed by atoms with Crippen molar-refractivity contribution in [2.24, 2.45) is 5.92 Å². The number of benzene rings is 1. The molecular weight excluding hydrogens is 330 g/mol. The van der Waals surface area contributed by atoms with E-state index in [-0.39, 0.29) is 6.10 Å². The lowest BCUT2D eigenvalue weighted by molar-refractivity contribution is -0.0176. The second-order valence-corrected chi connectivity index (χ2v) is 8.28. The van der Waals surface area contributed by atoms with Crippen molar-refractivity contribution in [2.75, 3.05) is 13.2 Å². The van der Waals surface area contributed by atoms with E-state index in [1.54, 1.807) is 11.3 Å². The van der Waals surface area contributed by atoms with Crippen LogP contribution in [0.4, 0.5) is 0 Å². The average molecular weight is 358 g/mol. The van der Waals surface area contributed by atoms with Crippen molar-refractivity contribution >= 4 is 11.3 Å². The van der Waals surface area contributed by atoms with Crippen molar-refractivity contribution in [3.8, 4) is 0 Å². The normalized spacial score (nSPS) is 22.4. The zero-order valence-electron chi connectivity index (χ0n) is 14.6. The van der Waals surface area contributed by atoms with Crippen molar-refractivity contribution in [2.45, 2.75) is 50.4 Å². The molecule has 4 rings (SSSR count). The van der Waals surface area contributed by atoms with Gasteiger partial charge in [-0.05, 0) is 60.6 Å². The number of nitrogens with one attached hydrogen (secondary N) is 1. The molecule has 4 heteroatoms. The van der Waals surface area contributed by atoms with Gasteiger partial charge in [-0.3, -0.25) is 0 Å². The molecule has 1 saturated carbocycles. The highest BCUT2D eigenvalue weighted by molar-refractivity contribution is 7.10. The van der Waals surface area contributed by atoms with Gasteiger partial charge in [-0.2, -0.15) is 0 Å². The van der Waals surface area contributed by atoms with Crippen LogP contribution in [0.25, 0.3) is 0 Å². The van der Waals surface area contributed by atoms with Crippen LogP contribution in [0.5, 0.6) is 0 Å². The Morgan fingerprint density at radius 3 is 2.84 bits per heavy atom. The predicted octanol–water partition coefficient (Wildman–Crippen LogP) is 4.24. The largest absolute Gasteiger partial charge is 0.389 e. The van der Waals surface area contributed by atoms with E-state index in [2.05, 4.69) is 47.1 Å². The summed E-state index contributed by atoms with van der Waals surface area (Å²) in [5.74, 6) is 0.733. The van der Waals surface area contributed by atoms with Crippen LogP contribution in [-0.2, 0) is 11.2 Å². The van der Waals surface area contributed by atoms with E-state index < -0.39 is 6.10 Å². The Hall–Kier alpha value is -1.20. The van der Waals surface area contributed by atoms with Crippen LogP contribution in [0, 0.1) is 5.92 Å². The molecule has 2 aliphatic carbocycles. The Bertz CT molecular complexity index is 668. The number of hydrogen-bond acceptors (Lipinski definition) is 4. The van der Waals surface area contributed by atoms with Crippen LogP contribution >= 0.6 is 11.3 Å². The minimum atomic E-state index is -0.463. The molecule has 134 valence electrons. The number of aliphatic hydroxyl groups excluding tert-OH is 1. The van der Waals surface area contributed by atoms with Crippen molar-refractivity contribution in [1.82, 2.24) is 5.32 Å². The zero-order chi connectivity index (χ0) is 17.1. The summed E-state index contributed by atoms with van der Waals surface area (Å²) in [7, 11) is 0. The van der Waals surface area contributed by atoms with Gasteiger partial charge in [0.2, 0.25) is 0 Å². The Morgan fingerprint density at radius 2 is 2.04 bits per heavy atom. The maximum Gasteiger partial charge on any atom is 0.0898 e. The first-order chi connectivity index (χ1) is 12.3. The standard InChI is InChI=1S/C21H27NO2S/c23-17(13-22-21(16-10-11-16)20-9-4-12-25-20)14-24-19-8-3-6-15-5-1-2-7-18(15)19/h1-2,4-5,7,9,12,16-17,19,21-23H,3,6,8,10-11,13-14H2. The topological polar surface area (TPSA) is 41.5 Å². The molecule has 25 heavy (non-hydrogen) atoms. The highest BCUT2D eigenvalue weighted by atomic mass is 32.1. The number of aliphatic hydroxyl groups is 1. The highest BCUT2D eigenvalue weighted by Crippen LogP contribution is 2.42. The van der Waals surface area contributed by atoms with Gasteiger partial charge in [-0.15, -0.1) is 11.3 Å². The second kappa shape index (κ2) is 8.00. The molecule has 0 saturated heterocycles. The van der Waals surface area contributed by atoms with Gasteiger partial charge in [0.25, 0.3) is 0 Å². The highest BCUT2D eigenvalue weighted by Gasteiger charge is 2.33. The molecule has 2 aliphatic rings. The number of hydrogen-bond donors (Lipinski definition) is 2. The summed E-state index contributed by atoms with van der Waals surface area (Å²) in [4.78, 5) is 1.39. The summed E-state index contributed by atoms with van der Waals surface area (Å²) in [6, 6.07) is 13.3. The molecule has 0 radical (unpaired) electrons. The lowest BCUT2D eigenvalue weighted by Gasteiger charge is -2.27. The van der Waals surface area contributed by atoms with Gasteiger partial charge in [-0.1, -0.05) is 30.3 Å². The predicted molar refractivity (Wildman–Crippen MR) is 102 cm³/mol. The molecule has 3 nitrogen and oxygen atoms in total. The maximum absolute atomic E-state index is 10.4. The molecule has 0 spiro atoms. The number of aryl methyl sites for hydroxylation is 1. The van der Waals surface area contributed by atoms with Crippen LogP contribution in [0.15, 0.2) is 41.8 Å². The third kappa shape index (κ3) is 4.32. The van der Waals surface area contributed by atoms with E-state index in [0.717, 1.165) is 25.2 Å². The molecule has 1 heterocycles. The van der Waals surface area contributed by atoms with Crippen LogP contribution in [0.1, 0.15) is 53.8 Å². The monoisotopic (exact) mass is 357 g/mol. The fourth-order valence-electron chi connectivity index (χ4n) is 3.83. The van der Waals surface area contributed by atoms with E-state index in [4.69, 9.17) is 4.74 Å². The lowest BCUT2D eigenvalue weighted by Crippen LogP contribution is -2.34. The van der Waals surface area contributed by atoms with Gasteiger partial charge in [-0.25, -0.2) is 0 Å². The summed E-state index contributed by atoms with van der Waals surface area (Å²) in [5, 5.41) is 16.1. The Kier molecular flexibility index (Phi) is 5.51. The zero-order valence-corrected chi connectivity index (χ0v) is 15.4. The first-order valence-corrected chi connectivity index (χ1v) is 10.3. The summed E-state index contributed by atoms with van der Waals surface area (Å²) in [5.41, 5.74) is 2.71.